The number of aromatic amines is 1. The number of azo groups is 1. The highest BCUT2D eigenvalue weighted by Crippen LogP contribution is 2.36. The molecule has 0 bridgehead atoms. The highest BCUT2D eigenvalue weighted by atomic mass is 79.9. The van der Waals surface area contributed by atoms with Crippen LogP contribution in [0.15, 0.2) is 55.5 Å². The van der Waals surface area contributed by atoms with E-state index in [2.05, 4.69) is 36.1 Å². The molecule has 0 unspecified atom stereocenters. The van der Waals surface area contributed by atoms with E-state index in [-0.39, 0.29) is 11.6 Å². The molecular weight excluding hydrogens is 388 g/mol. The molecule has 8 heteroatoms. The van der Waals surface area contributed by atoms with Gasteiger partial charge >= 0.3 is 0 Å². The van der Waals surface area contributed by atoms with Crippen LogP contribution in [0.25, 0.3) is 22.0 Å². The first-order chi connectivity index (χ1) is 12.0. The third-order valence-corrected chi connectivity index (χ3v) is 4.19. The third kappa shape index (κ3) is 2.80. The number of hydrogen-bond donors (Lipinski definition) is 2. The van der Waals surface area contributed by atoms with E-state index in [0.29, 0.717) is 33.5 Å². The number of aromatic nitrogens is 2. The van der Waals surface area contributed by atoms with E-state index < -0.39 is 5.91 Å². The van der Waals surface area contributed by atoms with Gasteiger partial charge in [0, 0.05) is 22.3 Å². The van der Waals surface area contributed by atoms with Crippen molar-refractivity contribution in [2.45, 2.75) is 6.92 Å². The number of H-pyrrole nitrogens is 1. The second-order valence-corrected chi connectivity index (χ2v) is 6.35. The highest BCUT2D eigenvalue weighted by molar-refractivity contribution is 9.10. The number of rotatable bonds is 2. The number of aryl methyl sites for hydroxylation is 1. The summed E-state index contributed by atoms with van der Waals surface area (Å²) < 4.78 is 6.24. The molecule has 124 valence electrons. The van der Waals surface area contributed by atoms with Crippen LogP contribution in [0, 0.1) is 6.92 Å². The summed E-state index contributed by atoms with van der Waals surface area (Å²) in [6, 6.07) is 10.3. The van der Waals surface area contributed by atoms with Crippen LogP contribution in [0.3, 0.4) is 0 Å². The molecular formula is C17H11BrN4O3. The van der Waals surface area contributed by atoms with Crippen molar-refractivity contribution in [1.29, 1.82) is 0 Å². The van der Waals surface area contributed by atoms with E-state index >= 15 is 0 Å². The van der Waals surface area contributed by atoms with Crippen LogP contribution in [0.1, 0.15) is 16.2 Å². The number of nitrogens with zero attached hydrogens (tertiary/aromatic N) is 3. The number of oxazole rings is 1. The maximum Gasteiger partial charge on any atom is 0.295 e. The van der Waals surface area contributed by atoms with Crippen molar-refractivity contribution in [1.82, 2.24) is 9.97 Å². The summed E-state index contributed by atoms with van der Waals surface area (Å²) in [6.07, 6.45) is 0. The fourth-order valence-corrected chi connectivity index (χ4v) is 2.93. The molecule has 4 aromatic rings. The van der Waals surface area contributed by atoms with Gasteiger partial charge in [0.05, 0.1) is 5.52 Å². The van der Waals surface area contributed by atoms with Gasteiger partial charge in [0.1, 0.15) is 5.52 Å². The van der Waals surface area contributed by atoms with E-state index in [1.807, 2.05) is 6.07 Å². The van der Waals surface area contributed by atoms with Crippen molar-refractivity contribution in [2.75, 3.05) is 0 Å². The Bertz CT molecular complexity index is 1160. The van der Waals surface area contributed by atoms with Gasteiger partial charge in [-0.15, -0.1) is 10.2 Å². The third-order valence-electron chi connectivity index (χ3n) is 3.70. The number of fused-ring (bicyclic) bond motifs is 2. The lowest BCUT2D eigenvalue weighted by atomic mass is 10.2. The number of aromatic hydroxyl groups is 1. The Balaban J connectivity index is 1.68. The molecule has 0 fully saturated rings. The van der Waals surface area contributed by atoms with Gasteiger partial charge in [-0.1, -0.05) is 15.9 Å². The van der Waals surface area contributed by atoms with Gasteiger partial charge in [0.2, 0.25) is 5.88 Å². The molecule has 0 aliphatic heterocycles. The van der Waals surface area contributed by atoms with Crippen LogP contribution < -0.4 is 0 Å². The second-order valence-electron chi connectivity index (χ2n) is 5.43. The van der Waals surface area contributed by atoms with E-state index in [1.54, 1.807) is 37.3 Å². The number of carbonyl (C=O) groups excluding carboxylic acids is 1. The molecule has 0 atom stereocenters. The van der Waals surface area contributed by atoms with Gasteiger partial charge in [0.25, 0.3) is 5.91 Å². The van der Waals surface area contributed by atoms with Crippen LogP contribution in [-0.2, 0) is 0 Å². The minimum atomic E-state index is -0.534. The predicted octanol–water partition coefficient (Wildman–Crippen LogP) is 5.01. The van der Waals surface area contributed by atoms with Crippen molar-refractivity contribution in [3.8, 4) is 5.88 Å². The Morgan fingerprint density at radius 1 is 1.28 bits per heavy atom. The maximum absolute atomic E-state index is 12.3. The van der Waals surface area contributed by atoms with Crippen molar-refractivity contribution >= 4 is 49.5 Å². The quantitative estimate of drug-likeness (QED) is 0.463. The Morgan fingerprint density at radius 2 is 2.12 bits per heavy atom. The molecule has 2 aromatic heterocycles. The number of amides is 1. The highest BCUT2D eigenvalue weighted by Gasteiger charge is 2.13. The Labute approximate surface area is 149 Å². The van der Waals surface area contributed by atoms with Crippen LogP contribution in [0.2, 0.25) is 0 Å². The first-order valence-electron chi connectivity index (χ1n) is 7.35. The number of carbonyl (C=O) groups is 1. The van der Waals surface area contributed by atoms with E-state index in [4.69, 9.17) is 4.42 Å². The largest absolute Gasteiger partial charge is 0.493 e. The lowest BCUT2D eigenvalue weighted by molar-refractivity contribution is 0.0995. The van der Waals surface area contributed by atoms with Gasteiger partial charge in [-0.25, -0.2) is 4.98 Å². The maximum atomic E-state index is 12.3. The number of nitrogens with one attached hydrogen (secondary N) is 1. The van der Waals surface area contributed by atoms with Crippen LogP contribution in [-0.4, -0.2) is 21.0 Å². The van der Waals surface area contributed by atoms with E-state index in [9.17, 15) is 9.90 Å². The summed E-state index contributed by atoms with van der Waals surface area (Å²) in [6.45, 7) is 1.74. The summed E-state index contributed by atoms with van der Waals surface area (Å²) >= 11 is 3.36. The van der Waals surface area contributed by atoms with Crippen molar-refractivity contribution < 1.29 is 14.3 Å². The zero-order valence-electron chi connectivity index (χ0n) is 12.9. The minimum Gasteiger partial charge on any atom is -0.493 e. The monoisotopic (exact) mass is 398 g/mol. The molecule has 0 radical (unpaired) electrons. The lowest BCUT2D eigenvalue weighted by Crippen LogP contribution is -1.93. The summed E-state index contributed by atoms with van der Waals surface area (Å²) in [4.78, 5) is 19.3. The molecule has 25 heavy (non-hydrogen) atoms. The Morgan fingerprint density at radius 3 is 2.96 bits per heavy atom. The first kappa shape index (κ1) is 15.5. The number of halogens is 1. The van der Waals surface area contributed by atoms with Gasteiger partial charge in [-0.3, -0.25) is 4.79 Å². The Kier molecular flexibility index (Phi) is 3.61. The molecule has 0 aliphatic carbocycles. The summed E-state index contributed by atoms with van der Waals surface area (Å²) in [5, 5.41) is 18.3. The van der Waals surface area contributed by atoms with Gasteiger partial charge in [-0.05, 0) is 36.4 Å². The van der Waals surface area contributed by atoms with E-state index in [0.717, 1.165) is 4.47 Å². The molecule has 2 N–H and O–H groups in total. The van der Waals surface area contributed by atoms with E-state index in [1.165, 1.54) is 0 Å². The zero-order valence-corrected chi connectivity index (χ0v) is 14.5. The number of benzene rings is 2. The minimum absolute atomic E-state index is 0.146. The molecule has 0 aliphatic rings. The second kappa shape index (κ2) is 5.82. The molecule has 2 heterocycles. The standard InChI is InChI=1S/C17H11BrN4O3/c1-8-19-13-6-9(2-5-14(13)25-8)16(23)22-21-15-11-4-3-10(18)7-12(11)20-17(15)24/h2-7,20,24H,1H3. The summed E-state index contributed by atoms with van der Waals surface area (Å²) in [5.74, 6) is -0.156. The fraction of sp³-hybridized carbons (Fsp3) is 0.0588. The normalized spacial score (nSPS) is 11.8. The average Bonchev–Trinajstić information content (AvgIpc) is 3.09. The lowest BCUT2D eigenvalue weighted by Gasteiger charge is -1.95. The zero-order chi connectivity index (χ0) is 17.6. The molecule has 7 nitrogen and oxygen atoms in total. The van der Waals surface area contributed by atoms with Crippen LogP contribution >= 0.6 is 15.9 Å². The average molecular weight is 399 g/mol. The first-order valence-corrected chi connectivity index (χ1v) is 8.14. The van der Waals surface area contributed by atoms with Crippen molar-refractivity contribution in [3.63, 3.8) is 0 Å². The smallest absolute Gasteiger partial charge is 0.295 e. The van der Waals surface area contributed by atoms with Gasteiger partial charge < -0.3 is 14.5 Å². The molecule has 0 saturated carbocycles. The summed E-state index contributed by atoms with van der Waals surface area (Å²) in [5.41, 5.74) is 2.43. The van der Waals surface area contributed by atoms with Gasteiger partial charge in [-0.2, -0.15) is 0 Å². The van der Waals surface area contributed by atoms with Crippen LogP contribution in [0.4, 0.5) is 5.69 Å². The molecule has 4 rings (SSSR count). The molecule has 0 spiro atoms. The van der Waals surface area contributed by atoms with Gasteiger partial charge in [0.15, 0.2) is 17.2 Å². The fourth-order valence-electron chi connectivity index (χ4n) is 2.57. The van der Waals surface area contributed by atoms with Crippen molar-refractivity contribution in [2.24, 2.45) is 10.2 Å². The molecule has 1 amide bonds. The van der Waals surface area contributed by atoms with Crippen LogP contribution in [0.5, 0.6) is 5.88 Å². The number of hydrogen-bond acceptors (Lipinski definition) is 5. The Hall–Kier alpha value is -3.00. The summed E-state index contributed by atoms with van der Waals surface area (Å²) in [7, 11) is 0. The topological polar surface area (TPSA) is 104 Å². The predicted molar refractivity (Wildman–Crippen MR) is 95.3 cm³/mol. The SMILES string of the molecule is Cc1nc2cc(C(=O)N=Nc3c(O)[nH]c4cc(Br)ccc34)ccc2o1. The molecule has 0 saturated heterocycles. The van der Waals surface area contributed by atoms with Crippen molar-refractivity contribution in [3.05, 3.63) is 52.3 Å². The molecule has 2 aromatic carbocycles.